The summed E-state index contributed by atoms with van der Waals surface area (Å²) in [5.74, 6) is 0. The first-order chi connectivity index (χ1) is 33.2. The van der Waals surface area contributed by atoms with Crippen molar-refractivity contribution in [3.8, 4) is 50.2 Å². The molecule has 13 rings (SSSR count). The zero-order valence-corrected chi connectivity index (χ0v) is 36.8. The fourth-order valence-corrected chi connectivity index (χ4v) is 11.1. The minimum atomic E-state index is -0.508. The minimum Gasteiger partial charge on any atom is -0.355 e. The third-order valence-corrected chi connectivity index (χ3v) is 14.0. The molecule has 314 valence electrons. The smallest absolute Gasteiger partial charge is 0.0713 e. The Balaban J connectivity index is 1.05. The van der Waals surface area contributed by atoms with E-state index in [1.165, 1.54) is 82.6 Å². The Kier molecular flexibility index (Phi) is 9.11. The molecular formula is C65H44N2. The Labute approximate surface area is 390 Å². The van der Waals surface area contributed by atoms with E-state index in [0.717, 1.165) is 33.8 Å². The molecule has 0 aliphatic heterocycles. The Morgan fingerprint density at radius 1 is 0.343 bits per heavy atom. The summed E-state index contributed by atoms with van der Waals surface area (Å²) >= 11 is 0. The number of anilines is 2. The summed E-state index contributed by atoms with van der Waals surface area (Å²) < 4.78 is 2.49. The summed E-state index contributed by atoms with van der Waals surface area (Å²) in [7, 11) is 0. The van der Waals surface area contributed by atoms with E-state index in [9.17, 15) is 0 Å². The predicted octanol–water partition coefficient (Wildman–Crippen LogP) is 17.0. The van der Waals surface area contributed by atoms with Gasteiger partial charge in [-0.05, 0) is 127 Å². The largest absolute Gasteiger partial charge is 0.355 e. The molecule has 0 fully saturated rings. The first-order valence-electron chi connectivity index (χ1n) is 23.2. The lowest BCUT2D eigenvalue weighted by Gasteiger charge is -2.33. The van der Waals surface area contributed by atoms with Crippen molar-refractivity contribution in [1.29, 1.82) is 0 Å². The van der Waals surface area contributed by atoms with E-state index >= 15 is 0 Å². The van der Waals surface area contributed by atoms with Crippen LogP contribution in [0.1, 0.15) is 22.3 Å². The lowest BCUT2D eigenvalue weighted by atomic mass is 9.67. The Bertz CT molecular complexity index is 3770. The molecule has 0 bridgehead atoms. The van der Waals surface area contributed by atoms with Gasteiger partial charge in [-0.3, -0.25) is 0 Å². The molecule has 1 N–H and O–H groups in total. The van der Waals surface area contributed by atoms with Crippen LogP contribution in [0, 0.1) is 0 Å². The molecule has 0 amide bonds. The Morgan fingerprint density at radius 2 is 0.940 bits per heavy atom. The van der Waals surface area contributed by atoms with Gasteiger partial charge in [0, 0.05) is 33.4 Å². The van der Waals surface area contributed by atoms with Crippen molar-refractivity contribution >= 4 is 44.0 Å². The van der Waals surface area contributed by atoms with Gasteiger partial charge in [0.05, 0.1) is 16.4 Å². The second-order valence-corrected chi connectivity index (χ2v) is 17.7. The molecule has 0 atom stereocenters. The van der Waals surface area contributed by atoms with E-state index in [1.54, 1.807) is 0 Å². The number of hydrogen-bond donors (Lipinski definition) is 1. The van der Waals surface area contributed by atoms with E-state index in [4.69, 9.17) is 0 Å². The Morgan fingerprint density at radius 3 is 1.70 bits per heavy atom. The monoisotopic (exact) mass is 852 g/mol. The van der Waals surface area contributed by atoms with Crippen LogP contribution in [-0.2, 0) is 5.41 Å². The van der Waals surface area contributed by atoms with Crippen LogP contribution < -0.4 is 5.32 Å². The average molecular weight is 853 g/mol. The third-order valence-electron chi connectivity index (χ3n) is 14.0. The fourth-order valence-electron chi connectivity index (χ4n) is 11.1. The molecule has 1 heterocycles. The normalized spacial score (nSPS) is 12.6. The maximum Gasteiger partial charge on any atom is 0.0713 e. The maximum atomic E-state index is 3.82. The molecule has 2 heteroatoms. The van der Waals surface area contributed by atoms with E-state index in [1.807, 2.05) is 0 Å². The minimum absolute atomic E-state index is 0.508. The van der Waals surface area contributed by atoms with E-state index < -0.39 is 5.41 Å². The van der Waals surface area contributed by atoms with E-state index in [-0.39, 0.29) is 0 Å². The van der Waals surface area contributed by atoms with E-state index in [2.05, 4.69) is 271 Å². The summed E-state index contributed by atoms with van der Waals surface area (Å²) in [6, 6.07) is 95.7. The number of rotatable bonds is 8. The van der Waals surface area contributed by atoms with Gasteiger partial charge in [-0.15, -0.1) is 0 Å². The molecule has 0 radical (unpaired) electrons. The van der Waals surface area contributed by atoms with Crippen LogP contribution in [0.5, 0.6) is 0 Å². The molecule has 0 saturated heterocycles. The van der Waals surface area contributed by atoms with Crippen molar-refractivity contribution in [1.82, 2.24) is 4.57 Å². The predicted molar refractivity (Wildman–Crippen MR) is 282 cm³/mol. The van der Waals surface area contributed by atoms with Crippen LogP contribution >= 0.6 is 0 Å². The van der Waals surface area contributed by atoms with Crippen molar-refractivity contribution in [3.63, 3.8) is 0 Å². The number of hydrogen-bond acceptors (Lipinski definition) is 1. The van der Waals surface area contributed by atoms with Crippen molar-refractivity contribution in [2.45, 2.75) is 5.41 Å². The number of aromatic nitrogens is 1. The average Bonchev–Trinajstić information content (AvgIpc) is 3.90. The molecule has 11 aromatic carbocycles. The first-order valence-corrected chi connectivity index (χ1v) is 23.2. The maximum absolute atomic E-state index is 3.82. The van der Waals surface area contributed by atoms with Crippen molar-refractivity contribution in [2.24, 2.45) is 0 Å². The van der Waals surface area contributed by atoms with Gasteiger partial charge in [0.1, 0.15) is 0 Å². The van der Waals surface area contributed by atoms with Crippen LogP contribution in [0.25, 0.3) is 82.8 Å². The van der Waals surface area contributed by atoms with Gasteiger partial charge in [0.15, 0.2) is 0 Å². The highest BCUT2D eigenvalue weighted by Gasteiger charge is 2.47. The van der Waals surface area contributed by atoms with Crippen LogP contribution in [0.4, 0.5) is 11.4 Å². The van der Waals surface area contributed by atoms with Crippen molar-refractivity contribution < 1.29 is 0 Å². The van der Waals surface area contributed by atoms with Gasteiger partial charge in [-0.2, -0.15) is 0 Å². The second kappa shape index (κ2) is 15.8. The molecule has 67 heavy (non-hydrogen) atoms. The quantitative estimate of drug-likeness (QED) is 0.161. The highest BCUT2D eigenvalue weighted by Crippen LogP contribution is 2.59. The van der Waals surface area contributed by atoms with Crippen molar-refractivity contribution in [2.75, 3.05) is 5.32 Å². The summed E-state index contributed by atoms with van der Waals surface area (Å²) in [4.78, 5) is 0. The fraction of sp³-hybridized carbons (Fsp3) is 0.0154. The first kappa shape index (κ1) is 38.7. The van der Waals surface area contributed by atoms with Crippen LogP contribution in [-0.4, -0.2) is 4.57 Å². The highest BCUT2D eigenvalue weighted by molar-refractivity contribution is 6.19. The highest BCUT2D eigenvalue weighted by atomic mass is 15.0. The van der Waals surface area contributed by atoms with Gasteiger partial charge in [0.25, 0.3) is 0 Å². The molecule has 2 nitrogen and oxygen atoms in total. The summed E-state index contributed by atoms with van der Waals surface area (Å²) in [6.45, 7) is 0. The summed E-state index contributed by atoms with van der Waals surface area (Å²) in [6.07, 6.45) is 0. The lowest BCUT2D eigenvalue weighted by Crippen LogP contribution is -2.28. The number of benzene rings is 11. The van der Waals surface area contributed by atoms with E-state index in [0.29, 0.717) is 0 Å². The topological polar surface area (TPSA) is 17.0 Å². The number of fused-ring (bicyclic) bond motifs is 8. The van der Waals surface area contributed by atoms with Gasteiger partial charge in [-0.1, -0.05) is 206 Å². The molecule has 12 aromatic rings. The van der Waals surface area contributed by atoms with Gasteiger partial charge in [-0.25, -0.2) is 0 Å². The third kappa shape index (κ3) is 6.26. The number of nitrogens with one attached hydrogen (secondary N) is 1. The molecule has 0 spiro atoms. The summed E-state index contributed by atoms with van der Waals surface area (Å²) in [5, 5.41) is 8.76. The van der Waals surface area contributed by atoms with Crippen molar-refractivity contribution in [3.05, 3.63) is 283 Å². The zero-order chi connectivity index (χ0) is 44.3. The lowest BCUT2D eigenvalue weighted by molar-refractivity contribution is 0.769. The van der Waals surface area contributed by atoms with Crippen LogP contribution in [0.3, 0.4) is 0 Å². The molecule has 1 aliphatic rings. The molecule has 0 saturated carbocycles. The van der Waals surface area contributed by atoms with Crippen LogP contribution in [0.15, 0.2) is 261 Å². The standard InChI is InChI=1S/C65H44N2/c1-5-18-44(19-6-1)47-24-17-29-53(40-47)66-60-37-33-49(42-56(60)46-21-7-2-8-22-46)50-34-38-61-57(43-50)64-62(67(61)54-35-32-45-20-13-14-23-48(45)41-54)39-36-59-63(64)55-30-15-16-31-58(55)65(59,51-25-9-3-10-26-51)52-27-11-4-12-28-52/h1-43,66H. The molecule has 1 aromatic heterocycles. The Hall–Kier alpha value is -8.72. The second-order valence-electron chi connectivity index (χ2n) is 17.7. The summed E-state index contributed by atoms with van der Waals surface area (Å²) in [5.41, 5.74) is 19.8. The number of nitrogens with zero attached hydrogens (tertiary/aromatic N) is 1. The van der Waals surface area contributed by atoms with Gasteiger partial charge < -0.3 is 9.88 Å². The molecule has 0 unspecified atom stereocenters. The SMILES string of the molecule is c1ccc(-c2cccc(Nc3ccc(-c4ccc5c(c4)c4c6c(ccc4n5-c4ccc5ccccc5c4)C(c4ccccc4)(c4ccccc4)c4ccccc4-6)cc3-c3ccccc3)c2)cc1. The zero-order valence-electron chi connectivity index (χ0n) is 36.8. The van der Waals surface area contributed by atoms with Crippen LogP contribution in [0.2, 0.25) is 0 Å². The molecular weight excluding hydrogens is 809 g/mol. The van der Waals surface area contributed by atoms with Gasteiger partial charge in [0.2, 0.25) is 0 Å². The molecule has 1 aliphatic carbocycles. The van der Waals surface area contributed by atoms with Gasteiger partial charge >= 0.3 is 0 Å².